The first-order valence-corrected chi connectivity index (χ1v) is 9.45. The number of fused-ring (bicyclic) bond motifs is 1. The Kier molecular flexibility index (Phi) is 4.36. The first-order valence-electron chi connectivity index (χ1n) is 8.05. The maximum atomic E-state index is 12.8. The quantitative estimate of drug-likeness (QED) is 0.851. The van der Waals surface area contributed by atoms with Gasteiger partial charge in [0, 0.05) is 32.2 Å². The number of rotatable bonds is 3. The molecule has 1 aliphatic carbocycles. The molecular weight excluding hydrogens is 274 g/mol. The molecule has 0 bridgehead atoms. The SMILES string of the molecule is CN(C1CCCCC1)S(=O)(=O)N1CC2CCCNC2C1. The molecule has 0 aromatic heterocycles. The largest absolute Gasteiger partial charge is 0.312 e. The molecule has 0 radical (unpaired) electrons. The van der Waals surface area contributed by atoms with Gasteiger partial charge in [0.05, 0.1) is 0 Å². The van der Waals surface area contributed by atoms with E-state index >= 15 is 0 Å². The minimum atomic E-state index is -3.27. The van der Waals surface area contributed by atoms with Gasteiger partial charge < -0.3 is 5.32 Å². The molecule has 2 heterocycles. The summed E-state index contributed by atoms with van der Waals surface area (Å²) in [5.41, 5.74) is 0. The van der Waals surface area contributed by atoms with E-state index in [1.807, 2.05) is 0 Å². The average molecular weight is 301 g/mol. The van der Waals surface area contributed by atoms with Gasteiger partial charge in [-0.3, -0.25) is 0 Å². The monoisotopic (exact) mass is 301 g/mol. The molecule has 0 aromatic rings. The van der Waals surface area contributed by atoms with E-state index in [1.54, 1.807) is 15.7 Å². The molecule has 1 N–H and O–H groups in total. The van der Waals surface area contributed by atoms with Gasteiger partial charge in [-0.25, -0.2) is 0 Å². The van der Waals surface area contributed by atoms with Crippen molar-refractivity contribution in [3.8, 4) is 0 Å². The molecule has 5 nitrogen and oxygen atoms in total. The lowest BCUT2D eigenvalue weighted by atomic mass is 9.94. The van der Waals surface area contributed by atoms with Crippen LogP contribution in [0.5, 0.6) is 0 Å². The first-order chi connectivity index (χ1) is 9.59. The van der Waals surface area contributed by atoms with Crippen molar-refractivity contribution >= 4 is 10.2 Å². The third kappa shape index (κ3) is 2.75. The predicted octanol–water partition coefficient (Wildman–Crippen LogP) is 1.18. The van der Waals surface area contributed by atoms with Gasteiger partial charge in [-0.15, -0.1) is 0 Å². The Hall–Kier alpha value is -0.170. The zero-order valence-corrected chi connectivity index (χ0v) is 13.2. The van der Waals surface area contributed by atoms with Crippen molar-refractivity contribution in [3.05, 3.63) is 0 Å². The van der Waals surface area contributed by atoms with Gasteiger partial charge in [0.15, 0.2) is 0 Å². The van der Waals surface area contributed by atoms with Crippen LogP contribution in [0.4, 0.5) is 0 Å². The fraction of sp³-hybridized carbons (Fsp3) is 1.00. The van der Waals surface area contributed by atoms with Crippen LogP contribution in [0, 0.1) is 5.92 Å². The van der Waals surface area contributed by atoms with Gasteiger partial charge in [-0.1, -0.05) is 19.3 Å². The Morgan fingerprint density at radius 1 is 1.05 bits per heavy atom. The molecule has 0 aromatic carbocycles. The van der Waals surface area contributed by atoms with Gasteiger partial charge in [-0.2, -0.15) is 17.0 Å². The van der Waals surface area contributed by atoms with Crippen LogP contribution in [0.3, 0.4) is 0 Å². The fourth-order valence-corrected chi connectivity index (χ4v) is 5.69. The Labute approximate surface area is 122 Å². The molecule has 2 atom stereocenters. The second-order valence-corrected chi connectivity index (χ2v) is 8.58. The summed E-state index contributed by atoms with van der Waals surface area (Å²) in [6.45, 7) is 2.40. The van der Waals surface area contributed by atoms with Crippen LogP contribution in [0.25, 0.3) is 0 Å². The van der Waals surface area contributed by atoms with Crippen molar-refractivity contribution in [3.63, 3.8) is 0 Å². The smallest absolute Gasteiger partial charge is 0.282 e. The molecule has 2 saturated heterocycles. The van der Waals surface area contributed by atoms with Crippen molar-refractivity contribution in [2.75, 3.05) is 26.7 Å². The standard InChI is InChI=1S/C14H27N3O2S/c1-16(13-7-3-2-4-8-13)20(18,19)17-10-12-6-5-9-15-14(12)11-17/h12-15H,2-11H2,1H3. The summed E-state index contributed by atoms with van der Waals surface area (Å²) in [6.07, 6.45) is 7.96. The summed E-state index contributed by atoms with van der Waals surface area (Å²) in [5.74, 6) is 0.512. The van der Waals surface area contributed by atoms with Crippen molar-refractivity contribution in [1.29, 1.82) is 0 Å². The van der Waals surface area contributed by atoms with Crippen LogP contribution in [0.15, 0.2) is 0 Å². The minimum Gasteiger partial charge on any atom is -0.312 e. The molecule has 20 heavy (non-hydrogen) atoms. The number of hydrogen-bond acceptors (Lipinski definition) is 3. The second-order valence-electron chi connectivity index (χ2n) is 6.60. The summed E-state index contributed by atoms with van der Waals surface area (Å²) in [6, 6.07) is 0.586. The highest BCUT2D eigenvalue weighted by Crippen LogP contribution is 2.30. The molecule has 0 spiro atoms. The van der Waals surface area contributed by atoms with Crippen LogP contribution in [-0.4, -0.2) is 55.8 Å². The van der Waals surface area contributed by atoms with Crippen molar-refractivity contribution in [1.82, 2.24) is 13.9 Å². The zero-order chi connectivity index (χ0) is 14.2. The van der Waals surface area contributed by atoms with Gasteiger partial charge in [0.1, 0.15) is 0 Å². The van der Waals surface area contributed by atoms with E-state index in [0.717, 1.165) is 38.6 Å². The topological polar surface area (TPSA) is 52.7 Å². The maximum Gasteiger partial charge on any atom is 0.282 e. The Morgan fingerprint density at radius 2 is 1.80 bits per heavy atom. The predicted molar refractivity (Wildman–Crippen MR) is 79.6 cm³/mol. The average Bonchev–Trinajstić information content (AvgIpc) is 2.92. The fourth-order valence-electron chi connectivity index (χ4n) is 4.01. The molecule has 0 amide bonds. The molecular formula is C14H27N3O2S. The van der Waals surface area contributed by atoms with Gasteiger partial charge in [0.2, 0.25) is 0 Å². The number of nitrogens with one attached hydrogen (secondary N) is 1. The van der Waals surface area contributed by atoms with E-state index in [2.05, 4.69) is 5.32 Å². The number of piperidine rings is 1. The Balaban J connectivity index is 1.68. The summed E-state index contributed by atoms with van der Waals surface area (Å²) in [5, 5.41) is 3.48. The first kappa shape index (κ1) is 14.8. The highest BCUT2D eigenvalue weighted by atomic mass is 32.2. The molecule has 3 fully saturated rings. The highest BCUT2D eigenvalue weighted by Gasteiger charge is 2.42. The molecule has 2 unspecified atom stereocenters. The minimum absolute atomic E-state index is 0.212. The van der Waals surface area contributed by atoms with Crippen LogP contribution in [0.1, 0.15) is 44.9 Å². The van der Waals surface area contributed by atoms with E-state index in [1.165, 1.54) is 12.8 Å². The summed E-state index contributed by atoms with van der Waals surface area (Å²) in [7, 11) is -1.49. The second kappa shape index (κ2) is 5.91. The lowest BCUT2D eigenvalue weighted by Gasteiger charge is -2.33. The molecule has 116 valence electrons. The molecule has 2 aliphatic heterocycles. The molecule has 6 heteroatoms. The van der Waals surface area contributed by atoms with Crippen LogP contribution >= 0.6 is 0 Å². The van der Waals surface area contributed by atoms with E-state index in [0.29, 0.717) is 25.0 Å². The number of nitrogens with zero attached hydrogens (tertiary/aromatic N) is 2. The van der Waals surface area contributed by atoms with Crippen LogP contribution < -0.4 is 5.32 Å². The summed E-state index contributed by atoms with van der Waals surface area (Å²) >= 11 is 0. The van der Waals surface area contributed by atoms with Gasteiger partial charge in [-0.05, 0) is 38.1 Å². The van der Waals surface area contributed by atoms with Crippen LogP contribution in [-0.2, 0) is 10.2 Å². The Bertz CT molecular complexity index is 420. The van der Waals surface area contributed by atoms with Crippen molar-refractivity contribution in [2.24, 2.45) is 5.92 Å². The van der Waals surface area contributed by atoms with E-state index in [9.17, 15) is 8.42 Å². The van der Waals surface area contributed by atoms with E-state index < -0.39 is 10.2 Å². The summed E-state index contributed by atoms with van der Waals surface area (Å²) < 4.78 is 29.0. The van der Waals surface area contributed by atoms with E-state index in [4.69, 9.17) is 0 Å². The zero-order valence-electron chi connectivity index (χ0n) is 12.4. The van der Waals surface area contributed by atoms with Gasteiger partial charge >= 0.3 is 0 Å². The number of hydrogen-bond donors (Lipinski definition) is 1. The van der Waals surface area contributed by atoms with Crippen molar-refractivity contribution < 1.29 is 8.42 Å². The lowest BCUT2D eigenvalue weighted by molar-refractivity contribution is 0.267. The normalized spacial score (nSPS) is 33.5. The molecule has 1 saturated carbocycles. The summed E-state index contributed by atoms with van der Waals surface area (Å²) in [4.78, 5) is 0. The van der Waals surface area contributed by atoms with E-state index in [-0.39, 0.29) is 6.04 Å². The lowest BCUT2D eigenvalue weighted by Crippen LogP contribution is -2.47. The molecule has 3 rings (SSSR count). The molecule has 3 aliphatic rings. The van der Waals surface area contributed by atoms with Crippen molar-refractivity contribution in [2.45, 2.75) is 57.0 Å². The Morgan fingerprint density at radius 3 is 2.50 bits per heavy atom. The highest BCUT2D eigenvalue weighted by molar-refractivity contribution is 7.86. The maximum absolute atomic E-state index is 12.8. The van der Waals surface area contributed by atoms with Gasteiger partial charge in [0.25, 0.3) is 10.2 Å². The third-order valence-electron chi connectivity index (χ3n) is 5.34. The third-order valence-corrected chi connectivity index (χ3v) is 7.32. The van der Waals surface area contributed by atoms with Crippen LogP contribution in [0.2, 0.25) is 0 Å².